The van der Waals surface area contributed by atoms with Gasteiger partial charge in [0, 0.05) is 32.3 Å². The molecule has 2 fully saturated rings. The second-order valence-corrected chi connectivity index (χ2v) is 7.16. The molecule has 0 amide bonds. The summed E-state index contributed by atoms with van der Waals surface area (Å²) in [4.78, 5) is 26.2. The Labute approximate surface area is 159 Å². The van der Waals surface area contributed by atoms with Gasteiger partial charge in [-0.15, -0.1) is 0 Å². The monoisotopic (exact) mass is 374 g/mol. The van der Waals surface area contributed by atoms with Crippen LogP contribution in [0, 0.1) is 0 Å². The molecule has 146 valence electrons. The highest BCUT2D eigenvalue weighted by atomic mass is 16.7. The molecule has 0 bridgehead atoms. The molecule has 2 saturated heterocycles. The molecule has 0 unspecified atom stereocenters. The minimum atomic E-state index is -1.24. The molecule has 0 atom stereocenters. The van der Waals surface area contributed by atoms with E-state index >= 15 is 0 Å². The first kappa shape index (κ1) is 19.2. The van der Waals surface area contributed by atoms with E-state index in [9.17, 15) is 9.59 Å². The molecule has 7 heteroatoms. The standard InChI is InChI=1S/C20H26N2O5/c1-20(2)26-18(23)17(19(24)27-20)14-21-15-6-8-16(9-7-15)25-13-12-22-10-4-3-5-11-22/h6-9,14,21H,3-5,10-13H2,1-2H3. The molecule has 2 aliphatic rings. The van der Waals surface area contributed by atoms with Crippen molar-refractivity contribution in [3.05, 3.63) is 36.0 Å². The summed E-state index contributed by atoms with van der Waals surface area (Å²) in [6.45, 7) is 6.93. The van der Waals surface area contributed by atoms with E-state index in [0.29, 0.717) is 6.61 Å². The highest BCUT2D eigenvalue weighted by molar-refractivity contribution is 6.15. The van der Waals surface area contributed by atoms with Gasteiger partial charge in [0.05, 0.1) is 0 Å². The smallest absolute Gasteiger partial charge is 0.350 e. The Bertz CT molecular complexity index is 684. The maximum atomic E-state index is 11.9. The summed E-state index contributed by atoms with van der Waals surface area (Å²) >= 11 is 0. The van der Waals surface area contributed by atoms with Crippen LogP contribution in [-0.2, 0) is 19.1 Å². The predicted molar refractivity (Wildman–Crippen MR) is 100 cm³/mol. The van der Waals surface area contributed by atoms with Gasteiger partial charge < -0.3 is 19.5 Å². The van der Waals surface area contributed by atoms with Crippen molar-refractivity contribution >= 4 is 17.6 Å². The summed E-state index contributed by atoms with van der Waals surface area (Å²) in [5.41, 5.74) is 0.549. The van der Waals surface area contributed by atoms with Crippen LogP contribution in [0.25, 0.3) is 0 Å². The Hall–Kier alpha value is -2.54. The zero-order valence-electron chi connectivity index (χ0n) is 15.8. The first-order valence-corrected chi connectivity index (χ1v) is 9.31. The molecule has 7 nitrogen and oxygen atoms in total. The topological polar surface area (TPSA) is 77.1 Å². The number of hydrogen-bond acceptors (Lipinski definition) is 7. The van der Waals surface area contributed by atoms with Gasteiger partial charge >= 0.3 is 11.9 Å². The van der Waals surface area contributed by atoms with Crippen LogP contribution in [-0.4, -0.2) is 48.9 Å². The Morgan fingerprint density at radius 1 is 1.07 bits per heavy atom. The first-order valence-electron chi connectivity index (χ1n) is 9.31. The lowest BCUT2D eigenvalue weighted by molar-refractivity contribution is -0.222. The quantitative estimate of drug-likeness (QED) is 0.466. The highest BCUT2D eigenvalue weighted by Crippen LogP contribution is 2.23. The Morgan fingerprint density at radius 2 is 1.70 bits per heavy atom. The van der Waals surface area contributed by atoms with Crippen molar-refractivity contribution in [2.45, 2.75) is 38.9 Å². The van der Waals surface area contributed by atoms with Gasteiger partial charge in [-0.25, -0.2) is 9.59 Å². The van der Waals surface area contributed by atoms with E-state index in [1.807, 2.05) is 24.3 Å². The molecule has 2 aliphatic heterocycles. The van der Waals surface area contributed by atoms with Crippen molar-refractivity contribution in [3.63, 3.8) is 0 Å². The third-order valence-electron chi connectivity index (χ3n) is 4.48. The zero-order valence-corrected chi connectivity index (χ0v) is 15.8. The number of carbonyl (C=O) groups excluding carboxylic acids is 2. The molecule has 1 aromatic carbocycles. The van der Waals surface area contributed by atoms with Gasteiger partial charge in [0.2, 0.25) is 0 Å². The molecule has 0 radical (unpaired) electrons. The van der Waals surface area contributed by atoms with Crippen LogP contribution in [0.3, 0.4) is 0 Å². The van der Waals surface area contributed by atoms with Crippen LogP contribution < -0.4 is 10.1 Å². The predicted octanol–water partition coefficient (Wildman–Crippen LogP) is 2.68. The van der Waals surface area contributed by atoms with Crippen LogP contribution in [0.5, 0.6) is 5.75 Å². The Kier molecular flexibility index (Phi) is 6.01. The summed E-state index contributed by atoms with van der Waals surface area (Å²) < 4.78 is 15.9. The van der Waals surface area contributed by atoms with Gasteiger partial charge in [0.25, 0.3) is 5.79 Å². The number of rotatable bonds is 6. The van der Waals surface area contributed by atoms with E-state index in [4.69, 9.17) is 14.2 Å². The maximum absolute atomic E-state index is 11.9. The molecule has 0 aliphatic carbocycles. The lowest BCUT2D eigenvalue weighted by Crippen LogP contribution is -2.42. The van der Waals surface area contributed by atoms with Crippen molar-refractivity contribution in [3.8, 4) is 5.75 Å². The first-order chi connectivity index (χ1) is 12.9. The fourth-order valence-corrected chi connectivity index (χ4v) is 3.06. The van der Waals surface area contributed by atoms with E-state index in [2.05, 4.69) is 10.2 Å². The minimum absolute atomic E-state index is 0.170. The number of nitrogens with one attached hydrogen (secondary N) is 1. The number of anilines is 1. The summed E-state index contributed by atoms with van der Waals surface area (Å²) in [5, 5.41) is 2.91. The Balaban J connectivity index is 1.49. The number of piperidine rings is 1. The SMILES string of the molecule is CC1(C)OC(=O)C(=CNc2ccc(OCCN3CCCCC3)cc2)C(=O)O1. The van der Waals surface area contributed by atoms with Gasteiger partial charge in [-0.2, -0.15) is 0 Å². The van der Waals surface area contributed by atoms with Gasteiger partial charge in [-0.3, -0.25) is 4.90 Å². The van der Waals surface area contributed by atoms with Gasteiger partial charge in [0.15, 0.2) is 5.57 Å². The number of cyclic esters (lactones) is 2. The molecule has 1 N–H and O–H groups in total. The van der Waals surface area contributed by atoms with Gasteiger partial charge in [-0.1, -0.05) is 6.42 Å². The van der Waals surface area contributed by atoms with Crippen LogP contribution in [0.2, 0.25) is 0 Å². The molecule has 0 spiro atoms. The van der Waals surface area contributed by atoms with E-state index in [0.717, 1.165) is 31.1 Å². The van der Waals surface area contributed by atoms with Gasteiger partial charge in [-0.05, 0) is 50.2 Å². The third kappa shape index (κ3) is 5.47. The van der Waals surface area contributed by atoms with Crippen LogP contribution in [0.15, 0.2) is 36.0 Å². The molecule has 0 aromatic heterocycles. The van der Waals surface area contributed by atoms with Crippen molar-refractivity contribution in [2.75, 3.05) is 31.6 Å². The lowest BCUT2D eigenvalue weighted by atomic mass is 10.1. The van der Waals surface area contributed by atoms with E-state index in [1.165, 1.54) is 39.3 Å². The van der Waals surface area contributed by atoms with Crippen LogP contribution in [0.4, 0.5) is 5.69 Å². The molecule has 1 aromatic rings. The molecule has 3 rings (SSSR count). The van der Waals surface area contributed by atoms with Crippen molar-refractivity contribution in [2.24, 2.45) is 0 Å². The number of esters is 2. The average molecular weight is 374 g/mol. The number of nitrogens with zero attached hydrogens (tertiary/aromatic N) is 1. The van der Waals surface area contributed by atoms with E-state index < -0.39 is 17.7 Å². The molecule has 0 saturated carbocycles. The summed E-state index contributed by atoms with van der Waals surface area (Å²) in [7, 11) is 0. The van der Waals surface area contributed by atoms with Gasteiger partial charge in [0.1, 0.15) is 12.4 Å². The normalized spacial score (nSPS) is 19.9. The number of carbonyl (C=O) groups is 2. The number of hydrogen-bond donors (Lipinski definition) is 1. The minimum Gasteiger partial charge on any atom is -0.492 e. The lowest BCUT2D eigenvalue weighted by Gasteiger charge is -2.29. The molecular weight excluding hydrogens is 348 g/mol. The van der Waals surface area contributed by atoms with Crippen molar-refractivity contribution < 1.29 is 23.8 Å². The molecule has 27 heavy (non-hydrogen) atoms. The Morgan fingerprint density at radius 3 is 2.33 bits per heavy atom. The largest absolute Gasteiger partial charge is 0.492 e. The third-order valence-corrected chi connectivity index (χ3v) is 4.48. The van der Waals surface area contributed by atoms with E-state index in [1.54, 1.807) is 0 Å². The average Bonchev–Trinajstić information content (AvgIpc) is 2.62. The zero-order chi connectivity index (χ0) is 19.3. The van der Waals surface area contributed by atoms with Crippen LogP contribution in [0.1, 0.15) is 33.1 Å². The summed E-state index contributed by atoms with van der Waals surface area (Å²) in [6, 6.07) is 7.32. The fourth-order valence-electron chi connectivity index (χ4n) is 3.06. The van der Waals surface area contributed by atoms with Crippen molar-refractivity contribution in [1.29, 1.82) is 0 Å². The highest BCUT2D eigenvalue weighted by Gasteiger charge is 2.38. The molecule has 2 heterocycles. The number of benzene rings is 1. The van der Waals surface area contributed by atoms with Crippen molar-refractivity contribution in [1.82, 2.24) is 4.90 Å². The molecular formula is C20H26N2O5. The maximum Gasteiger partial charge on any atom is 0.350 e. The number of likely N-dealkylation sites (tertiary alicyclic amines) is 1. The number of ether oxygens (including phenoxy) is 3. The van der Waals surface area contributed by atoms with E-state index in [-0.39, 0.29) is 5.57 Å². The fraction of sp³-hybridized carbons (Fsp3) is 0.500. The van der Waals surface area contributed by atoms with Crippen LogP contribution >= 0.6 is 0 Å². The summed E-state index contributed by atoms with van der Waals surface area (Å²) in [5.74, 6) is -1.87. The second kappa shape index (κ2) is 8.43. The second-order valence-electron chi connectivity index (χ2n) is 7.16. The summed E-state index contributed by atoms with van der Waals surface area (Å²) in [6.07, 6.45) is 5.17.